The molecule has 0 aromatic rings. The van der Waals surface area contributed by atoms with Gasteiger partial charge in [0, 0.05) is 31.6 Å². The Morgan fingerprint density at radius 1 is 1.22 bits per heavy atom. The van der Waals surface area contributed by atoms with Crippen LogP contribution in [0.3, 0.4) is 0 Å². The molecule has 0 radical (unpaired) electrons. The maximum Gasteiger partial charge on any atom is 0.140 e. The highest BCUT2D eigenvalue weighted by Crippen LogP contribution is 2.50. The summed E-state index contributed by atoms with van der Waals surface area (Å²) in [5.41, 5.74) is 5.66. The largest absolute Gasteiger partial charge is 0.381 e. The molecular formula is C15H25NO2. The van der Waals surface area contributed by atoms with Crippen LogP contribution in [0.5, 0.6) is 0 Å². The lowest BCUT2D eigenvalue weighted by Gasteiger charge is -2.36. The molecule has 3 rings (SSSR count). The zero-order valence-corrected chi connectivity index (χ0v) is 11.2. The van der Waals surface area contributed by atoms with Gasteiger partial charge in [-0.1, -0.05) is 6.42 Å². The number of Topliss-reactive ketones (excluding diaryl/α,β-unsaturated/α-hetero) is 1. The Labute approximate surface area is 109 Å². The van der Waals surface area contributed by atoms with Crippen molar-refractivity contribution in [2.24, 2.45) is 28.9 Å². The van der Waals surface area contributed by atoms with Crippen molar-refractivity contribution in [3.63, 3.8) is 0 Å². The Kier molecular flexibility index (Phi) is 3.46. The molecule has 0 amide bonds. The Morgan fingerprint density at radius 3 is 2.56 bits per heavy atom. The van der Waals surface area contributed by atoms with E-state index in [1.807, 2.05) is 0 Å². The smallest absolute Gasteiger partial charge is 0.140 e. The summed E-state index contributed by atoms with van der Waals surface area (Å²) >= 11 is 0. The number of fused-ring (bicyclic) bond motifs is 2. The van der Waals surface area contributed by atoms with Crippen molar-refractivity contribution >= 4 is 5.78 Å². The first-order valence-electron chi connectivity index (χ1n) is 7.55. The number of ether oxygens (including phenoxy) is 1. The molecule has 2 aliphatic carbocycles. The summed E-state index contributed by atoms with van der Waals surface area (Å²) < 4.78 is 5.39. The third-order valence-electron chi connectivity index (χ3n) is 5.76. The van der Waals surface area contributed by atoms with E-state index in [-0.39, 0.29) is 5.41 Å². The maximum absolute atomic E-state index is 12.6. The SMILES string of the molecule is NCC1(C(=O)CC2CC3CCC2C3)CCOCC1. The number of rotatable bonds is 4. The molecule has 0 aromatic carbocycles. The molecule has 1 aliphatic heterocycles. The summed E-state index contributed by atoms with van der Waals surface area (Å²) in [4.78, 5) is 12.6. The maximum atomic E-state index is 12.6. The Hall–Kier alpha value is -0.410. The van der Waals surface area contributed by atoms with E-state index in [1.54, 1.807) is 0 Å². The van der Waals surface area contributed by atoms with E-state index < -0.39 is 0 Å². The topological polar surface area (TPSA) is 52.3 Å². The highest BCUT2D eigenvalue weighted by Gasteiger charge is 2.44. The molecule has 18 heavy (non-hydrogen) atoms. The van der Waals surface area contributed by atoms with Gasteiger partial charge in [-0.3, -0.25) is 4.79 Å². The van der Waals surface area contributed by atoms with Gasteiger partial charge in [0.05, 0.1) is 0 Å². The number of carbonyl (C=O) groups is 1. The second-order valence-electron chi connectivity index (χ2n) is 6.66. The van der Waals surface area contributed by atoms with E-state index in [9.17, 15) is 4.79 Å². The van der Waals surface area contributed by atoms with Gasteiger partial charge in [-0.05, 0) is 49.9 Å². The molecule has 2 N–H and O–H groups in total. The minimum atomic E-state index is -0.250. The van der Waals surface area contributed by atoms with Crippen LogP contribution in [0.15, 0.2) is 0 Å². The first-order chi connectivity index (χ1) is 8.73. The molecule has 0 aromatic heterocycles. The van der Waals surface area contributed by atoms with Gasteiger partial charge in [0.15, 0.2) is 0 Å². The fourth-order valence-electron chi connectivity index (χ4n) is 4.44. The summed E-state index contributed by atoms with van der Waals surface area (Å²) in [7, 11) is 0. The number of nitrogens with two attached hydrogens (primary N) is 1. The van der Waals surface area contributed by atoms with Crippen molar-refractivity contribution in [1.82, 2.24) is 0 Å². The minimum Gasteiger partial charge on any atom is -0.381 e. The first-order valence-corrected chi connectivity index (χ1v) is 7.55. The molecule has 0 spiro atoms. The van der Waals surface area contributed by atoms with Crippen molar-refractivity contribution in [2.75, 3.05) is 19.8 Å². The Balaban J connectivity index is 1.63. The molecule has 3 aliphatic rings. The molecule has 102 valence electrons. The number of ketones is 1. The molecule has 2 bridgehead atoms. The molecule has 1 saturated heterocycles. The average molecular weight is 251 g/mol. The van der Waals surface area contributed by atoms with Crippen LogP contribution in [-0.4, -0.2) is 25.5 Å². The van der Waals surface area contributed by atoms with E-state index in [4.69, 9.17) is 10.5 Å². The highest BCUT2D eigenvalue weighted by atomic mass is 16.5. The van der Waals surface area contributed by atoms with E-state index >= 15 is 0 Å². The van der Waals surface area contributed by atoms with Crippen LogP contribution in [0.2, 0.25) is 0 Å². The number of carbonyl (C=O) groups excluding carboxylic acids is 1. The predicted molar refractivity (Wildman–Crippen MR) is 70.1 cm³/mol. The van der Waals surface area contributed by atoms with Crippen LogP contribution in [0.4, 0.5) is 0 Å². The van der Waals surface area contributed by atoms with Gasteiger partial charge in [-0.15, -0.1) is 0 Å². The summed E-state index contributed by atoms with van der Waals surface area (Å²) in [5.74, 6) is 2.87. The summed E-state index contributed by atoms with van der Waals surface area (Å²) in [6.45, 7) is 1.93. The van der Waals surface area contributed by atoms with Crippen molar-refractivity contribution in [3.8, 4) is 0 Å². The molecule has 3 atom stereocenters. The molecule has 3 fully saturated rings. The quantitative estimate of drug-likeness (QED) is 0.833. The van der Waals surface area contributed by atoms with Crippen LogP contribution in [-0.2, 0) is 9.53 Å². The molecule has 2 saturated carbocycles. The molecule has 3 unspecified atom stereocenters. The van der Waals surface area contributed by atoms with Gasteiger partial charge in [0.1, 0.15) is 5.78 Å². The van der Waals surface area contributed by atoms with Gasteiger partial charge in [-0.25, -0.2) is 0 Å². The first kappa shape index (κ1) is 12.6. The zero-order valence-electron chi connectivity index (χ0n) is 11.2. The van der Waals surface area contributed by atoms with Crippen LogP contribution >= 0.6 is 0 Å². The fourth-order valence-corrected chi connectivity index (χ4v) is 4.44. The monoisotopic (exact) mass is 251 g/mol. The second kappa shape index (κ2) is 4.93. The van der Waals surface area contributed by atoms with Gasteiger partial charge >= 0.3 is 0 Å². The second-order valence-corrected chi connectivity index (χ2v) is 6.66. The van der Waals surface area contributed by atoms with Crippen LogP contribution in [0, 0.1) is 23.2 Å². The van der Waals surface area contributed by atoms with Gasteiger partial charge in [-0.2, -0.15) is 0 Å². The van der Waals surface area contributed by atoms with Gasteiger partial charge < -0.3 is 10.5 Å². The highest BCUT2D eigenvalue weighted by molar-refractivity contribution is 5.85. The van der Waals surface area contributed by atoms with E-state index in [0.717, 1.165) is 31.1 Å². The van der Waals surface area contributed by atoms with E-state index in [1.165, 1.54) is 25.7 Å². The third-order valence-corrected chi connectivity index (χ3v) is 5.76. The van der Waals surface area contributed by atoms with Gasteiger partial charge in [0.2, 0.25) is 0 Å². The van der Waals surface area contributed by atoms with Crippen molar-refractivity contribution in [3.05, 3.63) is 0 Å². The van der Waals surface area contributed by atoms with Crippen molar-refractivity contribution < 1.29 is 9.53 Å². The Morgan fingerprint density at radius 2 is 2.00 bits per heavy atom. The summed E-state index contributed by atoms with van der Waals surface area (Å²) in [6.07, 6.45) is 7.92. The molecule has 1 heterocycles. The van der Waals surface area contributed by atoms with E-state index in [2.05, 4.69) is 0 Å². The van der Waals surface area contributed by atoms with Crippen LogP contribution < -0.4 is 5.73 Å². The van der Waals surface area contributed by atoms with Crippen molar-refractivity contribution in [2.45, 2.75) is 44.9 Å². The average Bonchev–Trinajstić information content (AvgIpc) is 3.01. The number of hydrogen-bond acceptors (Lipinski definition) is 3. The van der Waals surface area contributed by atoms with Gasteiger partial charge in [0.25, 0.3) is 0 Å². The molecule has 3 heteroatoms. The normalized spacial score (nSPS) is 37.9. The molecule has 3 nitrogen and oxygen atoms in total. The summed E-state index contributed by atoms with van der Waals surface area (Å²) in [6, 6.07) is 0. The summed E-state index contributed by atoms with van der Waals surface area (Å²) in [5, 5.41) is 0. The lowest BCUT2D eigenvalue weighted by atomic mass is 9.72. The molecular weight excluding hydrogens is 226 g/mol. The fraction of sp³-hybridized carbons (Fsp3) is 0.933. The third kappa shape index (κ3) is 2.12. The minimum absolute atomic E-state index is 0.250. The Bertz CT molecular complexity index is 322. The van der Waals surface area contributed by atoms with Crippen LogP contribution in [0.25, 0.3) is 0 Å². The standard InChI is InChI=1S/C15H25NO2/c16-10-15(3-5-18-6-4-15)14(17)9-13-8-11-1-2-12(13)7-11/h11-13H,1-10,16H2. The van der Waals surface area contributed by atoms with E-state index in [0.29, 0.717) is 31.5 Å². The number of hydrogen-bond donors (Lipinski definition) is 1. The lowest BCUT2D eigenvalue weighted by Crippen LogP contribution is -2.44. The van der Waals surface area contributed by atoms with Crippen molar-refractivity contribution in [1.29, 1.82) is 0 Å². The predicted octanol–water partition coefficient (Wildman–Crippen LogP) is 2.14. The lowest BCUT2D eigenvalue weighted by molar-refractivity contribution is -0.135. The zero-order chi connectivity index (χ0) is 12.6. The van der Waals surface area contributed by atoms with Crippen LogP contribution in [0.1, 0.15) is 44.9 Å².